The van der Waals surface area contributed by atoms with Crippen LogP contribution in [0.4, 0.5) is 0 Å². The molecule has 1 saturated heterocycles. The van der Waals surface area contributed by atoms with Crippen LogP contribution in [0.3, 0.4) is 0 Å². The van der Waals surface area contributed by atoms with Gasteiger partial charge in [-0.05, 0) is 38.1 Å². The lowest BCUT2D eigenvalue weighted by Crippen LogP contribution is -2.23. The van der Waals surface area contributed by atoms with Crippen LogP contribution >= 0.6 is 0 Å². The van der Waals surface area contributed by atoms with E-state index in [1.165, 1.54) is 25.7 Å². The monoisotopic (exact) mass is 222 g/mol. The Bertz CT molecular complexity index is 352. The largest absolute Gasteiger partial charge is 0.455 e. The van der Waals surface area contributed by atoms with Crippen molar-refractivity contribution in [3.63, 3.8) is 0 Å². The van der Waals surface area contributed by atoms with E-state index in [1.54, 1.807) is 6.07 Å². The molecule has 0 spiro atoms. The number of carbonyl (C=O) groups is 1. The van der Waals surface area contributed by atoms with Crippen LogP contribution in [-0.2, 0) is 6.54 Å². The van der Waals surface area contributed by atoms with Crippen molar-refractivity contribution in [2.24, 2.45) is 5.73 Å². The van der Waals surface area contributed by atoms with Crippen molar-refractivity contribution < 1.29 is 9.21 Å². The first-order valence-electron chi connectivity index (χ1n) is 5.86. The summed E-state index contributed by atoms with van der Waals surface area (Å²) in [6.45, 7) is 3.02. The van der Waals surface area contributed by atoms with E-state index in [1.807, 2.05) is 6.07 Å². The fourth-order valence-electron chi connectivity index (χ4n) is 2.11. The average Bonchev–Trinajstić information content (AvgIpc) is 2.56. The first-order valence-corrected chi connectivity index (χ1v) is 5.86. The van der Waals surface area contributed by atoms with Gasteiger partial charge in [0.1, 0.15) is 5.76 Å². The number of hydrogen-bond donors (Lipinski definition) is 1. The van der Waals surface area contributed by atoms with Crippen molar-refractivity contribution in [3.8, 4) is 0 Å². The molecule has 2 N–H and O–H groups in total. The van der Waals surface area contributed by atoms with Crippen LogP contribution in [0.2, 0.25) is 0 Å². The highest BCUT2D eigenvalue weighted by Gasteiger charge is 2.12. The number of hydrogen-bond acceptors (Lipinski definition) is 3. The summed E-state index contributed by atoms with van der Waals surface area (Å²) < 4.78 is 5.37. The summed E-state index contributed by atoms with van der Waals surface area (Å²) in [7, 11) is 0. The quantitative estimate of drug-likeness (QED) is 0.847. The van der Waals surface area contributed by atoms with Gasteiger partial charge in [-0.15, -0.1) is 0 Å². The minimum Gasteiger partial charge on any atom is -0.455 e. The second-order valence-electron chi connectivity index (χ2n) is 4.32. The predicted molar refractivity (Wildman–Crippen MR) is 61.0 cm³/mol. The zero-order chi connectivity index (χ0) is 11.4. The highest BCUT2D eigenvalue weighted by atomic mass is 16.4. The van der Waals surface area contributed by atoms with Gasteiger partial charge in [0.05, 0.1) is 6.54 Å². The van der Waals surface area contributed by atoms with Crippen LogP contribution in [0.15, 0.2) is 16.5 Å². The summed E-state index contributed by atoms with van der Waals surface area (Å²) in [6, 6.07) is 3.49. The molecule has 4 heteroatoms. The standard InChI is InChI=1S/C12H18N2O2/c13-12(15)11-6-5-10(16-11)9-14-7-3-1-2-4-8-14/h5-6H,1-4,7-9H2,(H2,13,15). The molecule has 0 atom stereocenters. The molecule has 2 heterocycles. The maximum Gasteiger partial charge on any atom is 0.284 e. The molecule has 0 unspecified atom stereocenters. The second-order valence-corrected chi connectivity index (χ2v) is 4.32. The minimum absolute atomic E-state index is 0.254. The molecule has 16 heavy (non-hydrogen) atoms. The summed E-state index contributed by atoms with van der Waals surface area (Å²) in [5.41, 5.74) is 5.14. The number of nitrogens with zero attached hydrogens (tertiary/aromatic N) is 1. The van der Waals surface area contributed by atoms with Crippen molar-refractivity contribution in [2.75, 3.05) is 13.1 Å². The molecule has 1 aliphatic heterocycles. The Morgan fingerprint density at radius 3 is 2.50 bits per heavy atom. The van der Waals surface area contributed by atoms with Gasteiger partial charge in [0, 0.05) is 0 Å². The van der Waals surface area contributed by atoms with E-state index in [9.17, 15) is 4.79 Å². The highest BCUT2D eigenvalue weighted by molar-refractivity contribution is 5.89. The Labute approximate surface area is 95.4 Å². The summed E-state index contributed by atoms with van der Waals surface area (Å²) >= 11 is 0. The third kappa shape index (κ3) is 2.85. The second kappa shape index (κ2) is 5.16. The smallest absolute Gasteiger partial charge is 0.284 e. The molecule has 0 radical (unpaired) electrons. The molecule has 1 aromatic heterocycles. The zero-order valence-corrected chi connectivity index (χ0v) is 9.45. The van der Waals surface area contributed by atoms with Gasteiger partial charge < -0.3 is 10.2 Å². The van der Waals surface area contributed by atoms with E-state index in [4.69, 9.17) is 10.2 Å². The molecule has 0 bridgehead atoms. The molecular weight excluding hydrogens is 204 g/mol. The van der Waals surface area contributed by atoms with Gasteiger partial charge in [0.25, 0.3) is 5.91 Å². The topological polar surface area (TPSA) is 59.5 Å². The van der Waals surface area contributed by atoms with E-state index in [0.717, 1.165) is 25.4 Å². The van der Waals surface area contributed by atoms with Crippen LogP contribution < -0.4 is 5.73 Å². The van der Waals surface area contributed by atoms with Crippen LogP contribution in [-0.4, -0.2) is 23.9 Å². The number of rotatable bonds is 3. The van der Waals surface area contributed by atoms with Gasteiger partial charge in [-0.1, -0.05) is 12.8 Å². The predicted octanol–water partition coefficient (Wildman–Crippen LogP) is 1.75. The van der Waals surface area contributed by atoms with Gasteiger partial charge in [0.2, 0.25) is 0 Å². The molecule has 1 aliphatic rings. The zero-order valence-electron chi connectivity index (χ0n) is 9.45. The lowest BCUT2D eigenvalue weighted by atomic mass is 10.2. The maximum absolute atomic E-state index is 10.9. The van der Waals surface area contributed by atoms with Gasteiger partial charge in [-0.2, -0.15) is 0 Å². The van der Waals surface area contributed by atoms with Gasteiger partial charge in [-0.3, -0.25) is 9.69 Å². The SMILES string of the molecule is NC(=O)c1ccc(CN2CCCCCC2)o1. The fraction of sp³-hybridized carbons (Fsp3) is 0.583. The van der Waals surface area contributed by atoms with Crippen LogP contribution in [0.5, 0.6) is 0 Å². The van der Waals surface area contributed by atoms with Crippen molar-refractivity contribution in [1.82, 2.24) is 4.90 Å². The summed E-state index contributed by atoms with van der Waals surface area (Å²) in [6.07, 6.45) is 5.15. The normalized spacial score (nSPS) is 18.2. The lowest BCUT2D eigenvalue weighted by molar-refractivity contribution is 0.0970. The number of carbonyl (C=O) groups excluding carboxylic acids is 1. The Morgan fingerprint density at radius 1 is 1.25 bits per heavy atom. The minimum atomic E-state index is -0.498. The van der Waals surface area contributed by atoms with E-state index in [-0.39, 0.29) is 5.76 Å². The molecule has 1 amide bonds. The molecule has 1 fully saturated rings. The van der Waals surface area contributed by atoms with Crippen molar-refractivity contribution in [2.45, 2.75) is 32.2 Å². The van der Waals surface area contributed by atoms with E-state index in [2.05, 4.69) is 4.90 Å². The number of nitrogens with two attached hydrogens (primary N) is 1. The van der Waals surface area contributed by atoms with Crippen molar-refractivity contribution in [3.05, 3.63) is 23.7 Å². The molecule has 1 aromatic rings. The van der Waals surface area contributed by atoms with Crippen molar-refractivity contribution >= 4 is 5.91 Å². The fourth-order valence-corrected chi connectivity index (χ4v) is 2.11. The van der Waals surface area contributed by atoms with Gasteiger partial charge in [-0.25, -0.2) is 0 Å². The first-order chi connectivity index (χ1) is 7.75. The summed E-state index contributed by atoms with van der Waals surface area (Å²) in [4.78, 5) is 13.2. The molecule has 0 aromatic carbocycles. The van der Waals surface area contributed by atoms with E-state index >= 15 is 0 Å². The first kappa shape index (κ1) is 11.2. The average molecular weight is 222 g/mol. The van der Waals surface area contributed by atoms with Crippen LogP contribution in [0.25, 0.3) is 0 Å². The van der Waals surface area contributed by atoms with E-state index in [0.29, 0.717) is 0 Å². The third-order valence-corrected chi connectivity index (χ3v) is 2.98. The lowest BCUT2D eigenvalue weighted by Gasteiger charge is -2.17. The third-order valence-electron chi connectivity index (χ3n) is 2.98. The number of likely N-dealkylation sites (tertiary alicyclic amines) is 1. The number of primary amides is 1. The summed E-state index contributed by atoms with van der Waals surface area (Å²) in [5, 5.41) is 0. The Hall–Kier alpha value is -1.29. The number of amides is 1. The maximum atomic E-state index is 10.9. The van der Waals surface area contributed by atoms with E-state index < -0.39 is 5.91 Å². The molecule has 4 nitrogen and oxygen atoms in total. The molecule has 0 saturated carbocycles. The molecular formula is C12H18N2O2. The Kier molecular flexibility index (Phi) is 3.62. The molecule has 0 aliphatic carbocycles. The molecule has 88 valence electrons. The van der Waals surface area contributed by atoms with Gasteiger partial charge >= 0.3 is 0 Å². The summed E-state index contributed by atoms with van der Waals surface area (Å²) in [5.74, 6) is 0.586. The van der Waals surface area contributed by atoms with Crippen LogP contribution in [0.1, 0.15) is 42.0 Å². The van der Waals surface area contributed by atoms with Crippen molar-refractivity contribution in [1.29, 1.82) is 0 Å². The highest BCUT2D eigenvalue weighted by Crippen LogP contribution is 2.14. The number of furan rings is 1. The molecule has 2 rings (SSSR count). The Morgan fingerprint density at radius 2 is 1.94 bits per heavy atom. The Balaban J connectivity index is 1.94. The van der Waals surface area contributed by atoms with Crippen LogP contribution in [0, 0.1) is 0 Å². The van der Waals surface area contributed by atoms with Gasteiger partial charge in [0.15, 0.2) is 5.76 Å².